The van der Waals surface area contributed by atoms with E-state index in [0.29, 0.717) is 29.4 Å². The Balaban J connectivity index is 1.55. The van der Waals surface area contributed by atoms with E-state index in [-0.39, 0.29) is 17.5 Å². The maximum Gasteiger partial charge on any atom is 0.161 e. The van der Waals surface area contributed by atoms with Crippen molar-refractivity contribution in [1.82, 2.24) is 9.88 Å². The van der Waals surface area contributed by atoms with Gasteiger partial charge in [-0.1, -0.05) is 47.5 Å². The van der Waals surface area contributed by atoms with Gasteiger partial charge in [0, 0.05) is 75.0 Å². The van der Waals surface area contributed by atoms with E-state index < -0.39 is 0 Å². The van der Waals surface area contributed by atoms with Crippen LogP contribution >= 0.6 is 23.2 Å². The van der Waals surface area contributed by atoms with Gasteiger partial charge in [-0.2, -0.15) is 0 Å². The maximum atomic E-state index is 13.2. The molecule has 4 nitrogen and oxygen atoms in total. The lowest BCUT2D eigenvalue weighted by atomic mass is 9.71. The molecule has 0 saturated heterocycles. The van der Waals surface area contributed by atoms with Gasteiger partial charge in [0.1, 0.15) is 0 Å². The summed E-state index contributed by atoms with van der Waals surface area (Å²) in [4.78, 5) is 26.5. The molecule has 0 saturated carbocycles. The van der Waals surface area contributed by atoms with E-state index in [0.717, 1.165) is 70.3 Å². The van der Waals surface area contributed by atoms with Crippen LogP contribution in [0.1, 0.15) is 55.6 Å². The van der Waals surface area contributed by atoms with Gasteiger partial charge in [-0.3, -0.25) is 9.59 Å². The monoisotopic (exact) mass is 490 g/mol. The number of dihydropyridines is 1. The summed E-state index contributed by atoms with van der Waals surface area (Å²) < 4.78 is 2.17. The summed E-state index contributed by atoms with van der Waals surface area (Å²) in [5, 5.41) is 5.79. The van der Waals surface area contributed by atoms with Gasteiger partial charge in [0.2, 0.25) is 0 Å². The normalized spacial score (nSPS) is 18.9. The van der Waals surface area contributed by atoms with E-state index in [1.54, 1.807) is 6.07 Å². The number of hydrogen-bond donors (Lipinski definition) is 1. The van der Waals surface area contributed by atoms with Crippen LogP contribution in [-0.4, -0.2) is 16.1 Å². The van der Waals surface area contributed by atoms with Crippen molar-refractivity contribution >= 4 is 45.7 Å². The fraction of sp³-hybridized carbons (Fsp3) is 0.286. The standard InChI is InChI=1S/C28H24Cl2N2O2/c29-17-12-11-16(20(30)13-17)14-32-15-19(18-5-1-2-8-23(18)32)26-27-21(6-3-9-24(27)33)31-22-7-4-10-25(34)28(22)26/h1-2,5,8,11-13,15,26,31H,3-4,6-7,9-10,14H2. The van der Waals surface area contributed by atoms with Gasteiger partial charge in [0.05, 0.1) is 0 Å². The van der Waals surface area contributed by atoms with Crippen LogP contribution in [0, 0.1) is 0 Å². The number of rotatable bonds is 3. The van der Waals surface area contributed by atoms with Crippen molar-refractivity contribution in [3.8, 4) is 0 Å². The number of carbonyl (C=O) groups excluding carboxylic acids is 2. The Morgan fingerprint density at radius 1 is 0.882 bits per heavy atom. The fourth-order valence-corrected chi connectivity index (χ4v) is 6.23. The lowest BCUT2D eigenvalue weighted by Crippen LogP contribution is -2.36. The molecule has 2 aliphatic carbocycles. The molecule has 172 valence electrons. The maximum absolute atomic E-state index is 13.2. The number of para-hydroxylation sites is 1. The molecule has 1 N–H and O–H groups in total. The van der Waals surface area contributed by atoms with Crippen LogP contribution in [0.2, 0.25) is 10.0 Å². The highest BCUT2D eigenvalue weighted by molar-refractivity contribution is 6.35. The van der Waals surface area contributed by atoms with Gasteiger partial charge in [-0.05, 0) is 55.0 Å². The molecular formula is C28H24Cl2N2O2. The van der Waals surface area contributed by atoms with E-state index in [9.17, 15) is 9.59 Å². The zero-order valence-corrected chi connectivity index (χ0v) is 20.2. The van der Waals surface area contributed by atoms with E-state index in [1.165, 1.54) is 0 Å². The number of fused-ring (bicyclic) bond motifs is 1. The van der Waals surface area contributed by atoms with E-state index in [4.69, 9.17) is 23.2 Å². The minimum absolute atomic E-state index is 0.154. The number of hydrogen-bond acceptors (Lipinski definition) is 3. The Labute approximate surface area is 208 Å². The smallest absolute Gasteiger partial charge is 0.161 e. The fourth-order valence-electron chi connectivity index (χ4n) is 5.76. The topological polar surface area (TPSA) is 51.1 Å². The summed E-state index contributed by atoms with van der Waals surface area (Å²) in [6, 6.07) is 13.8. The second-order valence-corrected chi connectivity index (χ2v) is 10.2. The molecule has 0 amide bonds. The molecule has 2 heterocycles. The average Bonchev–Trinajstić information content (AvgIpc) is 3.18. The summed E-state index contributed by atoms with van der Waals surface area (Å²) >= 11 is 12.6. The lowest BCUT2D eigenvalue weighted by Gasteiger charge is -2.37. The molecule has 1 aliphatic heterocycles. The Hall–Kier alpha value is -2.82. The quantitative estimate of drug-likeness (QED) is 0.444. The van der Waals surface area contributed by atoms with Crippen molar-refractivity contribution in [3.63, 3.8) is 0 Å². The van der Waals surface area contributed by atoms with Crippen LogP contribution in [0.4, 0.5) is 0 Å². The first-order valence-electron chi connectivity index (χ1n) is 11.8. The highest BCUT2D eigenvalue weighted by Crippen LogP contribution is 2.47. The summed E-state index contributed by atoms with van der Waals surface area (Å²) in [5.74, 6) is -0.0128. The third-order valence-electron chi connectivity index (χ3n) is 7.28. The van der Waals surface area contributed by atoms with Crippen LogP contribution in [0.25, 0.3) is 10.9 Å². The molecule has 6 heteroatoms. The van der Waals surface area contributed by atoms with E-state index >= 15 is 0 Å². The summed E-state index contributed by atoms with van der Waals surface area (Å²) in [6.45, 7) is 0.571. The third-order valence-corrected chi connectivity index (χ3v) is 7.86. The zero-order valence-electron chi connectivity index (χ0n) is 18.7. The number of nitrogens with zero attached hydrogens (tertiary/aromatic N) is 1. The Morgan fingerprint density at radius 3 is 2.24 bits per heavy atom. The Morgan fingerprint density at radius 2 is 1.56 bits per heavy atom. The molecule has 0 radical (unpaired) electrons. The second kappa shape index (κ2) is 8.44. The largest absolute Gasteiger partial charge is 0.362 e. The van der Waals surface area contributed by atoms with Crippen LogP contribution in [0.5, 0.6) is 0 Å². The van der Waals surface area contributed by atoms with E-state index in [1.807, 2.05) is 24.3 Å². The zero-order chi connectivity index (χ0) is 23.4. The molecule has 0 atom stereocenters. The molecule has 0 bridgehead atoms. The first-order chi connectivity index (χ1) is 16.5. The molecule has 0 spiro atoms. The summed E-state index contributed by atoms with van der Waals surface area (Å²) in [7, 11) is 0. The van der Waals surface area contributed by atoms with E-state index in [2.05, 4.69) is 28.2 Å². The highest BCUT2D eigenvalue weighted by atomic mass is 35.5. The first kappa shape index (κ1) is 21.7. The minimum Gasteiger partial charge on any atom is -0.362 e. The highest BCUT2D eigenvalue weighted by Gasteiger charge is 2.41. The van der Waals surface area contributed by atoms with Crippen molar-refractivity contribution in [1.29, 1.82) is 0 Å². The second-order valence-electron chi connectivity index (χ2n) is 9.36. The van der Waals surface area contributed by atoms with Crippen LogP contribution in [-0.2, 0) is 16.1 Å². The van der Waals surface area contributed by atoms with Gasteiger partial charge >= 0.3 is 0 Å². The molecule has 3 aromatic rings. The molecule has 0 unspecified atom stereocenters. The average molecular weight is 491 g/mol. The van der Waals surface area contributed by atoms with Crippen molar-refractivity contribution < 1.29 is 9.59 Å². The van der Waals surface area contributed by atoms with Crippen LogP contribution in [0.15, 0.2) is 71.2 Å². The van der Waals surface area contributed by atoms with Crippen LogP contribution in [0.3, 0.4) is 0 Å². The molecule has 2 aromatic carbocycles. The number of Topliss-reactive ketones (excluding diaryl/α,β-unsaturated/α-hetero) is 2. The number of carbonyl (C=O) groups is 2. The van der Waals surface area contributed by atoms with Gasteiger partial charge in [-0.15, -0.1) is 0 Å². The molecular weight excluding hydrogens is 467 g/mol. The molecule has 34 heavy (non-hydrogen) atoms. The summed E-state index contributed by atoms with van der Waals surface area (Å²) in [6.07, 6.45) is 6.59. The van der Waals surface area contributed by atoms with Gasteiger partial charge < -0.3 is 9.88 Å². The number of allylic oxidation sites excluding steroid dienone is 4. The van der Waals surface area contributed by atoms with Crippen molar-refractivity contribution in [2.24, 2.45) is 0 Å². The lowest BCUT2D eigenvalue weighted by molar-refractivity contribution is -0.116. The minimum atomic E-state index is -0.321. The third kappa shape index (κ3) is 3.52. The van der Waals surface area contributed by atoms with Gasteiger partial charge in [0.25, 0.3) is 0 Å². The molecule has 6 rings (SSSR count). The van der Waals surface area contributed by atoms with Crippen molar-refractivity contribution in [3.05, 3.63) is 92.4 Å². The van der Waals surface area contributed by atoms with Gasteiger partial charge in [0.15, 0.2) is 11.6 Å². The number of nitrogens with one attached hydrogen (secondary N) is 1. The molecule has 1 aromatic heterocycles. The SMILES string of the molecule is O=C1CCCC2=C1C(c1cn(Cc3ccc(Cl)cc3Cl)c3ccccc13)C1=C(CCCC1=O)N2. The number of benzene rings is 2. The Kier molecular flexibility index (Phi) is 5.39. The van der Waals surface area contributed by atoms with Crippen LogP contribution < -0.4 is 5.32 Å². The van der Waals surface area contributed by atoms with Crippen molar-refractivity contribution in [2.45, 2.75) is 51.0 Å². The van der Waals surface area contributed by atoms with Crippen molar-refractivity contribution in [2.75, 3.05) is 0 Å². The molecule has 0 fully saturated rings. The number of ketones is 2. The first-order valence-corrected chi connectivity index (χ1v) is 12.6. The number of halogens is 2. The van der Waals surface area contributed by atoms with Gasteiger partial charge in [-0.25, -0.2) is 0 Å². The predicted molar refractivity (Wildman–Crippen MR) is 135 cm³/mol. The Bertz CT molecular complexity index is 1390. The summed E-state index contributed by atoms with van der Waals surface area (Å²) in [5.41, 5.74) is 6.62. The predicted octanol–water partition coefficient (Wildman–Crippen LogP) is 6.70. The number of aromatic nitrogens is 1. The molecule has 3 aliphatic rings.